The van der Waals surface area contributed by atoms with Crippen molar-refractivity contribution in [2.24, 2.45) is 0 Å². The minimum absolute atomic E-state index is 0. The Morgan fingerprint density at radius 2 is 0.551 bits per heavy atom. The van der Waals surface area contributed by atoms with Crippen LogP contribution in [-0.2, 0) is 70.7 Å². The van der Waals surface area contributed by atoms with Crippen LogP contribution in [0, 0.1) is 14.9 Å². The monoisotopic (exact) mass is 1110 g/mol. The second-order valence-electron chi connectivity index (χ2n) is 25.0. The van der Waals surface area contributed by atoms with Crippen molar-refractivity contribution in [3.8, 4) is 44.5 Å². The molecule has 0 unspecified atom stereocenters. The summed E-state index contributed by atoms with van der Waals surface area (Å²) in [6, 6.07) is 77.3. The number of hydrogen-bond donors (Lipinski definition) is 0. The van der Waals surface area contributed by atoms with Gasteiger partial charge in [0.15, 0.2) is 0 Å². The molecule has 0 fully saturated rings. The third-order valence-electron chi connectivity index (χ3n) is 15.2. The summed E-state index contributed by atoms with van der Waals surface area (Å²) in [5.41, 5.74) is 22.1. The third kappa shape index (κ3) is 14.8. The fraction of sp³-hybridized carbons (Fsp3) is 0.263. The van der Waals surface area contributed by atoms with Gasteiger partial charge in [-0.15, -0.1) is 44.8 Å². The molecule has 0 N–H and O–H groups in total. The summed E-state index contributed by atoms with van der Waals surface area (Å²) in [4.78, 5) is 0. The number of rotatable bonds is 10. The Morgan fingerprint density at radius 3 is 0.808 bits per heavy atom. The van der Waals surface area contributed by atoms with Crippen LogP contribution in [-0.4, -0.2) is 6.88 Å². The number of aryl methyl sites for hydroxylation is 4. The standard InChI is InChI=1S/2C37H39.2CH3.Si.Zr/c2*1-36(2,3)30-18-14-28(15-19-30)32-22-23-33(29-16-20-31(21-17-29)37(4,5)6)35-25-27(24-34(32)35)13-12-26-10-8-7-9-11-26;;;;/h2*7-11,14-25H,12-13H2,1-6H3;2*1H3;;/q4*-1;;. The van der Waals surface area contributed by atoms with Crippen molar-refractivity contribution < 1.29 is 23.3 Å². The molecule has 400 valence electrons. The molecule has 0 bridgehead atoms. The molecule has 0 amide bonds. The number of hydrogen-bond acceptors (Lipinski definition) is 0. The van der Waals surface area contributed by atoms with Gasteiger partial charge >= 0.3 is 30.2 Å². The van der Waals surface area contributed by atoms with Gasteiger partial charge in [0.1, 0.15) is 0 Å². The van der Waals surface area contributed by atoms with Crippen molar-refractivity contribution in [2.75, 3.05) is 0 Å². The molecule has 10 aromatic carbocycles. The molecule has 0 aliphatic carbocycles. The van der Waals surface area contributed by atoms with E-state index in [1.54, 1.807) is 0 Å². The molecule has 0 nitrogen and oxygen atoms in total. The molecule has 10 rings (SSSR count). The summed E-state index contributed by atoms with van der Waals surface area (Å²) >= 11 is 1.36. The van der Waals surface area contributed by atoms with Crippen molar-refractivity contribution in [3.05, 3.63) is 266 Å². The van der Waals surface area contributed by atoms with E-state index < -0.39 is 0 Å². The zero-order chi connectivity index (χ0) is 54.4. The van der Waals surface area contributed by atoms with Crippen LogP contribution < -0.4 is 0 Å². The van der Waals surface area contributed by atoms with E-state index in [2.05, 4.69) is 296 Å². The first-order valence-corrected chi connectivity index (χ1v) is 31.6. The van der Waals surface area contributed by atoms with Gasteiger partial charge in [-0.2, -0.15) is 12.1 Å². The van der Waals surface area contributed by atoms with Gasteiger partial charge in [0.2, 0.25) is 0 Å². The Kier molecular flexibility index (Phi) is 20.4. The van der Waals surface area contributed by atoms with Gasteiger partial charge in [-0.05, 0) is 91.9 Å². The summed E-state index contributed by atoms with van der Waals surface area (Å²) in [5, 5.41) is 5.40. The number of benzene rings is 8. The van der Waals surface area contributed by atoms with Crippen LogP contribution in [0.5, 0.6) is 0 Å². The van der Waals surface area contributed by atoms with Crippen LogP contribution >= 0.6 is 0 Å². The summed E-state index contributed by atoms with van der Waals surface area (Å²) in [6.45, 7) is 30.3. The van der Waals surface area contributed by atoms with Crippen LogP contribution in [0.4, 0.5) is 0 Å². The molecule has 10 aromatic rings. The van der Waals surface area contributed by atoms with Gasteiger partial charge in [0, 0.05) is 0 Å². The van der Waals surface area contributed by atoms with Crippen molar-refractivity contribution >= 4 is 28.4 Å². The molecule has 2 radical (unpaired) electrons. The van der Waals surface area contributed by atoms with Crippen LogP contribution in [0.3, 0.4) is 0 Å². The summed E-state index contributed by atoms with van der Waals surface area (Å²) < 4.78 is 0. The molecule has 0 atom stereocenters. The summed E-state index contributed by atoms with van der Waals surface area (Å²) in [7, 11) is 0. The second kappa shape index (κ2) is 25.9. The molecular weight excluding hydrogens is 1030 g/mol. The van der Waals surface area contributed by atoms with Crippen LogP contribution in [0.1, 0.15) is 128 Å². The van der Waals surface area contributed by atoms with Crippen LogP contribution in [0.2, 0.25) is 0 Å². The molecule has 0 aromatic heterocycles. The first-order valence-electron chi connectivity index (χ1n) is 27.4. The summed E-state index contributed by atoms with van der Waals surface area (Å²) in [5.74, 6) is 0. The topological polar surface area (TPSA) is 0 Å². The van der Waals surface area contributed by atoms with E-state index in [1.807, 2.05) is 0 Å². The minimum atomic E-state index is 0. The van der Waals surface area contributed by atoms with Crippen molar-refractivity contribution in [1.82, 2.24) is 0 Å². The first-order chi connectivity index (χ1) is 36.2. The Bertz CT molecular complexity index is 3040. The predicted molar refractivity (Wildman–Crippen MR) is 342 cm³/mol. The van der Waals surface area contributed by atoms with Gasteiger partial charge in [-0.25, -0.2) is 0 Å². The van der Waals surface area contributed by atoms with Gasteiger partial charge in [0.25, 0.3) is 0 Å². The molecule has 0 heterocycles. The Balaban J connectivity index is 0.000000239. The molecule has 78 heavy (non-hydrogen) atoms. The third-order valence-corrected chi connectivity index (χ3v) is 15.2. The van der Waals surface area contributed by atoms with Crippen molar-refractivity contribution in [3.63, 3.8) is 0 Å². The summed E-state index contributed by atoms with van der Waals surface area (Å²) in [6.07, 6.45) is 4.21. The van der Waals surface area contributed by atoms with Gasteiger partial charge in [0.05, 0.1) is 0 Å². The van der Waals surface area contributed by atoms with E-state index in [9.17, 15) is 0 Å². The van der Waals surface area contributed by atoms with Crippen LogP contribution in [0.15, 0.2) is 206 Å². The second-order valence-corrected chi connectivity index (χ2v) is 25.0. The fourth-order valence-electron chi connectivity index (χ4n) is 10.5. The van der Waals surface area contributed by atoms with Crippen LogP contribution in [0.25, 0.3) is 66.1 Å². The first kappa shape index (κ1) is 61.3. The van der Waals surface area contributed by atoms with E-state index in [0.29, 0.717) is 0 Å². The van der Waals surface area contributed by atoms with Gasteiger partial charge in [-0.1, -0.05) is 298 Å². The Labute approximate surface area is 488 Å². The molecule has 0 saturated carbocycles. The fourth-order valence-corrected chi connectivity index (χ4v) is 10.5. The molecule has 0 aliphatic heterocycles. The SMILES string of the molecule is CC(C)(C)c1ccc(-c2ccc(-c3ccc(C(C)(C)C)cc3)c3[cH-]c(CCc4ccccc4)cc23)cc1.CC(C)(C)c1ccc(-c2ccc(-c3ccc(C(C)(C)C)cc3)c3[cH-]c(CCc4ccccc4)cc23)cc1.[CH3-].[CH3-].[Si]=[Zr]. The molecule has 0 spiro atoms. The molecule has 0 aliphatic rings. The maximum absolute atomic E-state index is 3.06. The Hall–Kier alpha value is -5.92. The zero-order valence-corrected chi connectivity index (χ0v) is 52.9. The van der Waals surface area contributed by atoms with E-state index in [1.165, 1.54) is 134 Å². The van der Waals surface area contributed by atoms with Crippen molar-refractivity contribution in [1.29, 1.82) is 0 Å². The zero-order valence-electron chi connectivity index (χ0n) is 49.5. The predicted octanol–water partition coefficient (Wildman–Crippen LogP) is 21.1. The van der Waals surface area contributed by atoms with Gasteiger partial charge in [-0.3, -0.25) is 0 Å². The Morgan fingerprint density at radius 1 is 0.308 bits per heavy atom. The van der Waals surface area contributed by atoms with Gasteiger partial charge < -0.3 is 14.9 Å². The average Bonchev–Trinajstić information content (AvgIpc) is 4.12. The van der Waals surface area contributed by atoms with E-state index in [0.717, 1.165) is 25.7 Å². The van der Waals surface area contributed by atoms with E-state index in [4.69, 9.17) is 0 Å². The maximum atomic E-state index is 3.06. The normalized spacial score (nSPS) is 11.7. The van der Waals surface area contributed by atoms with Crippen molar-refractivity contribution in [2.45, 2.75) is 130 Å². The molecule has 2 heteroatoms. The van der Waals surface area contributed by atoms with E-state index in [-0.39, 0.29) is 36.5 Å². The number of fused-ring (bicyclic) bond motifs is 2. The molecule has 0 saturated heterocycles. The quantitative estimate of drug-likeness (QED) is 0.0946. The van der Waals surface area contributed by atoms with E-state index >= 15 is 0 Å². The molecular formula is C76H84SiZr-4. The average molecular weight is 1120 g/mol.